The number of carbonyl (C=O) groups is 1. The first-order chi connectivity index (χ1) is 9.49. The van der Waals surface area contributed by atoms with Gasteiger partial charge in [0, 0.05) is 16.2 Å². The highest BCUT2D eigenvalue weighted by Crippen LogP contribution is 2.25. The maximum absolute atomic E-state index is 10.9. The Kier molecular flexibility index (Phi) is 4.34. The lowest BCUT2D eigenvalue weighted by atomic mass is 10.2. The van der Waals surface area contributed by atoms with Gasteiger partial charge in [-0.3, -0.25) is 0 Å². The Labute approximate surface area is 124 Å². The lowest BCUT2D eigenvalue weighted by Gasteiger charge is -2.07. The maximum Gasteiger partial charge on any atom is 0.339 e. The zero-order valence-corrected chi connectivity index (χ0v) is 12.7. The van der Waals surface area contributed by atoms with E-state index < -0.39 is 5.97 Å². The number of furan rings is 1. The first-order valence-electron chi connectivity index (χ1n) is 5.90. The zero-order valence-electron chi connectivity index (χ0n) is 11.1. The molecule has 0 bridgehead atoms. The van der Waals surface area contributed by atoms with Crippen molar-refractivity contribution in [2.24, 2.45) is 0 Å². The first kappa shape index (κ1) is 14.5. The van der Waals surface area contributed by atoms with Gasteiger partial charge in [0.2, 0.25) is 0 Å². The number of nitrogens with one attached hydrogen (secondary N) is 1. The monoisotopic (exact) mass is 339 g/mol. The summed E-state index contributed by atoms with van der Waals surface area (Å²) >= 11 is 3.39. The van der Waals surface area contributed by atoms with Crippen LogP contribution in [0.1, 0.15) is 21.9 Å². The highest BCUT2D eigenvalue weighted by Gasteiger charge is 2.13. The summed E-state index contributed by atoms with van der Waals surface area (Å²) in [5.41, 5.74) is 1.04. The molecule has 0 fully saturated rings. The molecule has 0 spiro atoms. The van der Waals surface area contributed by atoms with Gasteiger partial charge in [0.1, 0.15) is 22.8 Å². The molecule has 0 aliphatic carbocycles. The summed E-state index contributed by atoms with van der Waals surface area (Å²) in [5.74, 6) is 0.713. The Morgan fingerprint density at radius 1 is 1.40 bits per heavy atom. The van der Waals surface area contributed by atoms with Crippen LogP contribution in [0.3, 0.4) is 0 Å². The average Bonchev–Trinajstić information content (AvgIpc) is 2.77. The lowest BCUT2D eigenvalue weighted by Crippen LogP contribution is -1.99. The summed E-state index contributed by atoms with van der Waals surface area (Å²) in [4.78, 5) is 10.9. The van der Waals surface area contributed by atoms with Crippen molar-refractivity contribution in [2.45, 2.75) is 13.5 Å². The molecule has 6 heteroatoms. The van der Waals surface area contributed by atoms with Crippen molar-refractivity contribution in [3.63, 3.8) is 0 Å². The number of aryl methyl sites for hydroxylation is 1. The lowest BCUT2D eigenvalue weighted by molar-refractivity contribution is 0.0695. The molecule has 0 unspecified atom stereocenters. The number of anilines is 1. The van der Waals surface area contributed by atoms with Crippen LogP contribution in [0.25, 0.3) is 0 Å². The number of benzene rings is 1. The summed E-state index contributed by atoms with van der Waals surface area (Å²) in [5, 5.41) is 12.1. The Hall–Kier alpha value is -1.95. The number of hydrogen-bond acceptors (Lipinski definition) is 4. The smallest absolute Gasteiger partial charge is 0.339 e. The third-order valence-electron chi connectivity index (χ3n) is 2.77. The average molecular weight is 340 g/mol. The highest BCUT2D eigenvalue weighted by molar-refractivity contribution is 9.10. The zero-order chi connectivity index (χ0) is 14.7. The van der Waals surface area contributed by atoms with Gasteiger partial charge in [-0.1, -0.05) is 15.9 Å². The molecule has 0 saturated carbocycles. The molecule has 1 aromatic heterocycles. The minimum atomic E-state index is -0.985. The molecule has 0 saturated heterocycles. The van der Waals surface area contributed by atoms with Crippen LogP contribution in [-0.2, 0) is 6.54 Å². The predicted molar refractivity (Wildman–Crippen MR) is 78.4 cm³/mol. The Morgan fingerprint density at radius 3 is 2.75 bits per heavy atom. The van der Waals surface area contributed by atoms with Gasteiger partial charge >= 0.3 is 5.97 Å². The van der Waals surface area contributed by atoms with Crippen molar-refractivity contribution in [2.75, 3.05) is 12.4 Å². The second-order valence-electron chi connectivity index (χ2n) is 4.22. The van der Waals surface area contributed by atoms with Gasteiger partial charge in [-0.2, -0.15) is 0 Å². The summed E-state index contributed by atoms with van der Waals surface area (Å²) in [6.07, 6.45) is 0. The minimum absolute atomic E-state index is 0.189. The van der Waals surface area contributed by atoms with Gasteiger partial charge in [0.25, 0.3) is 0 Å². The summed E-state index contributed by atoms with van der Waals surface area (Å²) in [6, 6.07) is 7.12. The molecule has 5 nitrogen and oxygen atoms in total. The molecule has 2 rings (SSSR count). The highest BCUT2D eigenvalue weighted by atomic mass is 79.9. The van der Waals surface area contributed by atoms with Crippen LogP contribution in [0.5, 0.6) is 5.75 Å². The van der Waals surface area contributed by atoms with Gasteiger partial charge < -0.3 is 19.6 Å². The number of aromatic carboxylic acids is 1. The van der Waals surface area contributed by atoms with Crippen molar-refractivity contribution in [3.05, 3.63) is 45.8 Å². The van der Waals surface area contributed by atoms with Crippen LogP contribution in [0.15, 0.2) is 33.2 Å². The number of rotatable bonds is 5. The number of carboxylic acids is 1. The number of methoxy groups -OCH3 is 1. The largest absolute Gasteiger partial charge is 0.497 e. The Bertz CT molecular complexity index is 636. The van der Waals surface area contributed by atoms with E-state index in [0.717, 1.165) is 15.9 Å². The fourth-order valence-electron chi connectivity index (χ4n) is 1.81. The number of ether oxygens (including phenoxy) is 1. The SMILES string of the molecule is COc1cc(Br)cc(NCc2cc(C(=O)O)c(C)o2)c1. The van der Waals surface area contributed by atoms with E-state index >= 15 is 0 Å². The molecule has 0 aliphatic heterocycles. The van der Waals surface area contributed by atoms with Gasteiger partial charge in [-0.05, 0) is 25.1 Å². The van der Waals surface area contributed by atoms with Gasteiger partial charge in [0.15, 0.2) is 0 Å². The van der Waals surface area contributed by atoms with E-state index in [9.17, 15) is 4.79 Å². The summed E-state index contributed by atoms with van der Waals surface area (Å²) in [7, 11) is 1.60. The summed E-state index contributed by atoms with van der Waals surface area (Å²) < 4.78 is 11.5. The second kappa shape index (κ2) is 6.00. The van der Waals surface area contributed by atoms with Crippen molar-refractivity contribution >= 4 is 27.6 Å². The topological polar surface area (TPSA) is 71.7 Å². The molecule has 1 heterocycles. The molecular weight excluding hydrogens is 326 g/mol. The van der Waals surface area contributed by atoms with E-state index in [1.807, 2.05) is 18.2 Å². The van der Waals surface area contributed by atoms with Gasteiger partial charge in [-0.15, -0.1) is 0 Å². The van der Waals surface area contributed by atoms with Gasteiger partial charge in [0.05, 0.1) is 13.7 Å². The van der Waals surface area contributed by atoms with Crippen molar-refractivity contribution in [1.29, 1.82) is 0 Å². The van der Waals surface area contributed by atoms with Crippen LogP contribution in [0, 0.1) is 6.92 Å². The van der Waals surface area contributed by atoms with E-state index in [1.165, 1.54) is 6.07 Å². The predicted octanol–water partition coefficient (Wildman–Crippen LogP) is 3.67. The van der Waals surface area contributed by atoms with E-state index in [2.05, 4.69) is 21.2 Å². The molecular formula is C14H14BrNO4. The fraction of sp³-hybridized carbons (Fsp3) is 0.214. The van der Waals surface area contributed by atoms with Gasteiger partial charge in [-0.25, -0.2) is 4.79 Å². The van der Waals surface area contributed by atoms with Crippen LogP contribution >= 0.6 is 15.9 Å². The molecule has 1 aromatic carbocycles. The quantitative estimate of drug-likeness (QED) is 0.869. The van der Waals surface area contributed by atoms with Crippen LogP contribution in [0.4, 0.5) is 5.69 Å². The molecule has 20 heavy (non-hydrogen) atoms. The fourth-order valence-corrected chi connectivity index (χ4v) is 2.29. The van der Waals surface area contributed by atoms with Crippen LogP contribution in [-0.4, -0.2) is 18.2 Å². The van der Waals surface area contributed by atoms with Crippen molar-refractivity contribution in [3.8, 4) is 5.75 Å². The summed E-state index contributed by atoms with van der Waals surface area (Å²) in [6.45, 7) is 2.03. The number of hydrogen-bond donors (Lipinski definition) is 2. The third kappa shape index (κ3) is 3.33. The number of halogens is 1. The standard InChI is InChI=1S/C14H14BrNO4/c1-8-13(14(17)18)6-12(20-8)7-16-10-3-9(15)4-11(5-10)19-2/h3-6,16H,7H2,1-2H3,(H,17,18). The van der Waals surface area contributed by atoms with E-state index in [-0.39, 0.29) is 5.56 Å². The molecule has 0 aliphatic rings. The normalized spacial score (nSPS) is 10.3. The van der Waals surface area contributed by atoms with Crippen molar-refractivity contribution in [1.82, 2.24) is 0 Å². The Morgan fingerprint density at radius 2 is 2.15 bits per heavy atom. The van der Waals surface area contributed by atoms with Crippen LogP contribution in [0.2, 0.25) is 0 Å². The molecule has 2 N–H and O–H groups in total. The van der Waals surface area contributed by atoms with E-state index in [0.29, 0.717) is 18.1 Å². The molecule has 0 amide bonds. The van der Waals surface area contributed by atoms with E-state index in [1.54, 1.807) is 14.0 Å². The minimum Gasteiger partial charge on any atom is -0.497 e. The Balaban J connectivity index is 2.10. The molecule has 106 valence electrons. The first-order valence-corrected chi connectivity index (χ1v) is 6.70. The molecule has 0 atom stereocenters. The maximum atomic E-state index is 10.9. The number of carboxylic acid groups (broad SMARTS) is 1. The molecule has 2 aromatic rings. The second-order valence-corrected chi connectivity index (χ2v) is 5.14. The van der Waals surface area contributed by atoms with Crippen LogP contribution < -0.4 is 10.1 Å². The third-order valence-corrected chi connectivity index (χ3v) is 3.23. The van der Waals surface area contributed by atoms with Crippen molar-refractivity contribution < 1.29 is 19.1 Å². The molecule has 0 radical (unpaired) electrons. The van der Waals surface area contributed by atoms with E-state index in [4.69, 9.17) is 14.3 Å².